The van der Waals surface area contributed by atoms with Crippen LogP contribution in [0, 0.1) is 17.6 Å². The van der Waals surface area contributed by atoms with Crippen molar-refractivity contribution in [1.29, 1.82) is 0 Å². The van der Waals surface area contributed by atoms with Crippen molar-refractivity contribution in [3.05, 3.63) is 76.9 Å². The third-order valence-electron chi connectivity index (χ3n) is 10.5. The first kappa shape index (κ1) is 37.0. The molecule has 53 heavy (non-hydrogen) atoms. The van der Waals surface area contributed by atoms with E-state index >= 15 is 0 Å². The summed E-state index contributed by atoms with van der Waals surface area (Å²) in [7, 11) is 0. The van der Waals surface area contributed by atoms with Crippen LogP contribution in [0.3, 0.4) is 0 Å². The molecule has 3 N–H and O–H groups in total. The summed E-state index contributed by atoms with van der Waals surface area (Å²) < 4.78 is 78.3. The van der Waals surface area contributed by atoms with Crippen molar-refractivity contribution in [2.24, 2.45) is 5.92 Å². The van der Waals surface area contributed by atoms with Crippen LogP contribution in [0.5, 0.6) is 0 Å². The van der Waals surface area contributed by atoms with Crippen molar-refractivity contribution in [3.63, 3.8) is 0 Å². The van der Waals surface area contributed by atoms with Gasteiger partial charge in [-0.15, -0.1) is 0 Å². The minimum Gasteiger partial charge on any atom is -0.444 e. The van der Waals surface area contributed by atoms with Gasteiger partial charge in [0, 0.05) is 35.4 Å². The highest BCUT2D eigenvalue weighted by Crippen LogP contribution is 2.46. The lowest BCUT2D eigenvalue weighted by atomic mass is 10.0. The number of anilines is 1. The Morgan fingerprint density at radius 3 is 2.58 bits per heavy atom. The zero-order valence-electron chi connectivity index (χ0n) is 28.7. The molecule has 0 bridgehead atoms. The lowest BCUT2D eigenvalue weighted by Crippen LogP contribution is -2.56. The van der Waals surface area contributed by atoms with E-state index in [1.807, 2.05) is 12.2 Å². The highest BCUT2D eigenvalue weighted by molar-refractivity contribution is 7.98. The smallest absolute Gasteiger partial charge is 0.416 e. The van der Waals surface area contributed by atoms with Crippen LogP contribution >= 0.6 is 11.9 Å². The molecule has 284 valence electrons. The van der Waals surface area contributed by atoms with Gasteiger partial charge in [-0.25, -0.2) is 13.6 Å². The largest absolute Gasteiger partial charge is 0.444 e. The fourth-order valence-electron chi connectivity index (χ4n) is 7.34. The van der Waals surface area contributed by atoms with Gasteiger partial charge in [0.25, 0.3) is 5.91 Å². The Labute approximate surface area is 307 Å². The highest BCUT2D eigenvalue weighted by Gasteiger charge is 2.61. The molecule has 2 aromatic carbocycles. The van der Waals surface area contributed by atoms with Gasteiger partial charge in [0.2, 0.25) is 11.8 Å². The van der Waals surface area contributed by atoms with Crippen molar-refractivity contribution >= 4 is 41.5 Å². The van der Waals surface area contributed by atoms with E-state index in [0.29, 0.717) is 48.1 Å². The molecular weight excluding hydrogens is 721 g/mol. The second kappa shape index (κ2) is 14.8. The van der Waals surface area contributed by atoms with Gasteiger partial charge in [0.15, 0.2) is 0 Å². The number of fused-ring (bicyclic) bond motifs is 3. The number of halogens is 5. The molecule has 5 aliphatic rings. The van der Waals surface area contributed by atoms with Gasteiger partial charge in [-0.3, -0.25) is 24.0 Å². The van der Waals surface area contributed by atoms with Crippen molar-refractivity contribution in [2.75, 3.05) is 11.9 Å². The number of benzene rings is 2. The van der Waals surface area contributed by atoms with Gasteiger partial charge >= 0.3 is 12.3 Å². The Kier molecular flexibility index (Phi) is 10.3. The summed E-state index contributed by atoms with van der Waals surface area (Å²) in [5.74, 6) is -3.53. The number of ether oxygens (including phenoxy) is 1. The Morgan fingerprint density at radius 2 is 1.83 bits per heavy atom. The minimum atomic E-state index is -4.84. The Balaban J connectivity index is 1.15. The van der Waals surface area contributed by atoms with E-state index in [-0.39, 0.29) is 50.0 Å². The second-order valence-electron chi connectivity index (χ2n) is 14.5. The number of nitrogens with zero attached hydrogens (tertiary/aromatic N) is 2. The highest BCUT2D eigenvalue weighted by atomic mass is 32.2. The van der Waals surface area contributed by atoms with E-state index in [0.717, 1.165) is 31.4 Å². The number of hydrogen-bond acceptors (Lipinski definition) is 7. The molecule has 1 saturated heterocycles. The van der Waals surface area contributed by atoms with Crippen molar-refractivity contribution < 1.29 is 45.9 Å². The standard InChI is InChI=1S/C37H40F5N5O5S/c38-24-13-23(37(40,41)42)14-25(15-24)43-30-10-5-3-1-2-4-8-22-17-36(22,34(50)45-53-27-11-12-27)44-32(48)31-16-26(19-47(31)33(30)49)52-35(51)46-18-21-7-6-9-29(39)28(21)20-46/h4,6-9,13-15,22,26-27,30-31,43H,1-3,5,10-12,16-20H2,(H,44,48)(H,45,50)/b8-4-/t22-,26-,30+,31+,36-/m1/s1. The number of nitrogens with one attached hydrogen (secondary N) is 3. The third-order valence-corrected chi connectivity index (χ3v) is 11.6. The first-order valence-corrected chi connectivity index (χ1v) is 18.8. The maximum Gasteiger partial charge on any atom is 0.416 e. The summed E-state index contributed by atoms with van der Waals surface area (Å²) in [6.07, 6.45) is 2.21. The topological polar surface area (TPSA) is 120 Å². The monoisotopic (exact) mass is 761 g/mol. The fraction of sp³-hybridized carbons (Fsp3) is 0.514. The first-order chi connectivity index (χ1) is 25.3. The zero-order chi connectivity index (χ0) is 37.5. The van der Waals surface area contributed by atoms with E-state index in [4.69, 9.17) is 4.74 Å². The Morgan fingerprint density at radius 1 is 1.02 bits per heavy atom. The molecule has 16 heteroatoms. The quantitative estimate of drug-likeness (QED) is 0.182. The molecule has 7 rings (SSSR count). The summed E-state index contributed by atoms with van der Waals surface area (Å²) in [5.41, 5.74) is -1.74. The van der Waals surface area contributed by atoms with E-state index in [1.54, 1.807) is 12.1 Å². The van der Waals surface area contributed by atoms with Crippen LogP contribution in [0.15, 0.2) is 48.6 Å². The summed E-state index contributed by atoms with van der Waals surface area (Å²) in [6.45, 7) is -0.145. The van der Waals surface area contributed by atoms with Crippen LogP contribution in [0.1, 0.15) is 74.5 Å². The zero-order valence-corrected chi connectivity index (χ0v) is 29.5. The maximum atomic E-state index is 14.4. The van der Waals surface area contributed by atoms with Crippen molar-refractivity contribution in [2.45, 2.75) is 106 Å². The molecule has 2 saturated carbocycles. The predicted molar refractivity (Wildman–Crippen MR) is 185 cm³/mol. The van der Waals surface area contributed by atoms with Crippen LogP contribution < -0.4 is 15.4 Å². The SMILES string of the molecule is O=C1N[C@]2(C(=O)NSC3CC3)C[C@H]2/C=C\CCCCC[C@H](Nc2cc(F)cc(C(F)(F)F)c2)C(=O)N2C[C@H](OC(=O)N3Cc4cccc(F)c4C3)C[C@@H]12. The summed E-state index contributed by atoms with van der Waals surface area (Å²) in [6, 6.07) is 4.13. The molecule has 0 spiro atoms. The van der Waals surface area contributed by atoms with Crippen molar-refractivity contribution in [3.8, 4) is 0 Å². The third kappa shape index (κ3) is 8.26. The first-order valence-electron chi connectivity index (χ1n) is 17.9. The predicted octanol–water partition coefficient (Wildman–Crippen LogP) is 6.21. The van der Waals surface area contributed by atoms with Gasteiger partial charge in [-0.1, -0.05) is 37.1 Å². The van der Waals surface area contributed by atoms with Crippen LogP contribution in [0.25, 0.3) is 0 Å². The van der Waals surface area contributed by atoms with E-state index in [2.05, 4.69) is 15.4 Å². The van der Waals surface area contributed by atoms with Gasteiger partial charge in [0.1, 0.15) is 35.4 Å². The van der Waals surface area contributed by atoms with Gasteiger partial charge in [-0.05, 0) is 80.3 Å². The lowest BCUT2D eigenvalue weighted by molar-refractivity contribution is -0.140. The summed E-state index contributed by atoms with van der Waals surface area (Å²) in [5, 5.41) is 6.03. The number of amides is 4. The van der Waals surface area contributed by atoms with E-state index in [1.165, 1.54) is 27.8 Å². The Bertz CT molecular complexity index is 1810. The maximum absolute atomic E-state index is 14.4. The molecule has 3 fully saturated rings. The summed E-state index contributed by atoms with van der Waals surface area (Å²) >= 11 is 1.32. The molecule has 0 radical (unpaired) electrons. The molecule has 0 unspecified atom stereocenters. The lowest BCUT2D eigenvalue weighted by Gasteiger charge is -2.30. The molecule has 2 aliphatic carbocycles. The van der Waals surface area contributed by atoms with Gasteiger partial charge < -0.3 is 20.3 Å². The number of rotatable bonds is 6. The second-order valence-corrected chi connectivity index (χ2v) is 15.6. The number of hydrogen-bond donors (Lipinski definition) is 3. The molecule has 5 atom stereocenters. The number of alkyl halides is 3. The molecule has 2 aromatic rings. The molecule has 0 aromatic heterocycles. The minimum absolute atomic E-state index is 0.0227. The van der Waals surface area contributed by atoms with E-state index < -0.39 is 65.0 Å². The molecule has 4 amide bonds. The normalized spacial score (nSPS) is 28.1. The van der Waals surface area contributed by atoms with Crippen LogP contribution in [0.4, 0.5) is 32.4 Å². The molecule has 10 nitrogen and oxygen atoms in total. The number of allylic oxidation sites excluding steroid dienone is 1. The summed E-state index contributed by atoms with van der Waals surface area (Å²) in [4.78, 5) is 58.1. The van der Waals surface area contributed by atoms with Gasteiger partial charge in [0.05, 0.1) is 18.7 Å². The average Bonchev–Trinajstić information content (AvgIpc) is 3.96. The van der Waals surface area contributed by atoms with Crippen molar-refractivity contribution in [1.82, 2.24) is 19.8 Å². The fourth-order valence-corrected chi connectivity index (χ4v) is 8.17. The molecule has 3 heterocycles. The average molecular weight is 762 g/mol. The number of carbonyl (C=O) groups excluding carboxylic acids is 4. The van der Waals surface area contributed by atoms with Crippen LogP contribution in [-0.2, 0) is 38.4 Å². The Hall–Kier alpha value is -4.34. The van der Waals surface area contributed by atoms with Crippen LogP contribution in [-0.4, -0.2) is 69.1 Å². The molecule has 3 aliphatic heterocycles. The van der Waals surface area contributed by atoms with Gasteiger partial charge in [-0.2, -0.15) is 13.2 Å². The van der Waals surface area contributed by atoms with E-state index in [9.17, 15) is 41.1 Å². The number of carbonyl (C=O) groups is 4. The molecular formula is C37H40F5N5O5S. The van der Waals surface area contributed by atoms with Crippen LogP contribution in [0.2, 0.25) is 0 Å².